The van der Waals surface area contributed by atoms with E-state index in [1.807, 2.05) is 10.3 Å². The molecule has 0 radical (unpaired) electrons. The Morgan fingerprint density at radius 1 is 0.903 bits per heavy atom. The Labute approximate surface area is 180 Å². The highest BCUT2D eigenvalue weighted by molar-refractivity contribution is 7.89. The van der Waals surface area contributed by atoms with Crippen LogP contribution >= 0.6 is 11.3 Å². The second-order valence-electron chi connectivity index (χ2n) is 7.01. The van der Waals surface area contributed by atoms with Crippen molar-refractivity contribution in [1.29, 1.82) is 0 Å². The van der Waals surface area contributed by atoms with Crippen LogP contribution in [0.5, 0.6) is 0 Å². The smallest absolute Gasteiger partial charge is 0.246 e. The second-order valence-corrected chi connectivity index (χ2v) is 9.76. The number of sulfonamides is 1. The Morgan fingerprint density at radius 2 is 1.65 bits per heavy atom. The van der Waals surface area contributed by atoms with Crippen LogP contribution in [0.3, 0.4) is 0 Å². The van der Waals surface area contributed by atoms with Gasteiger partial charge in [-0.1, -0.05) is 6.07 Å². The summed E-state index contributed by atoms with van der Waals surface area (Å²) < 4.78 is 80.1. The molecule has 1 aliphatic rings. The molecule has 0 aliphatic carbocycles. The fourth-order valence-corrected chi connectivity index (χ4v) is 5.67. The lowest BCUT2D eigenvalue weighted by molar-refractivity contribution is 0.382. The summed E-state index contributed by atoms with van der Waals surface area (Å²) in [5.74, 6) is -3.78. The van der Waals surface area contributed by atoms with Crippen molar-refractivity contribution >= 4 is 26.5 Å². The highest BCUT2D eigenvalue weighted by atomic mass is 32.2. The van der Waals surface area contributed by atoms with Crippen LogP contribution in [0.25, 0.3) is 0 Å². The number of thiazole rings is 1. The summed E-state index contributed by atoms with van der Waals surface area (Å²) in [6.45, 7) is 0.939. The van der Waals surface area contributed by atoms with Crippen LogP contribution in [0, 0.1) is 23.3 Å². The number of benzene rings is 2. The summed E-state index contributed by atoms with van der Waals surface area (Å²) >= 11 is 1.37. The lowest BCUT2D eigenvalue weighted by Gasteiger charge is -2.33. The van der Waals surface area contributed by atoms with Gasteiger partial charge in [-0.05, 0) is 29.8 Å². The molecule has 0 unspecified atom stereocenters. The topological polar surface area (TPSA) is 53.5 Å². The molecule has 4 rings (SSSR count). The molecule has 31 heavy (non-hydrogen) atoms. The summed E-state index contributed by atoms with van der Waals surface area (Å²) in [6, 6.07) is 6.09. The maximum atomic E-state index is 14.0. The predicted molar refractivity (Wildman–Crippen MR) is 109 cm³/mol. The number of rotatable bonds is 5. The van der Waals surface area contributed by atoms with E-state index in [0.29, 0.717) is 42.0 Å². The third-order valence-electron chi connectivity index (χ3n) is 4.93. The van der Waals surface area contributed by atoms with E-state index < -0.39 is 38.2 Å². The largest absolute Gasteiger partial charge is 0.345 e. The summed E-state index contributed by atoms with van der Waals surface area (Å²) in [7, 11) is -4.08. The Hall–Kier alpha value is -2.50. The lowest BCUT2D eigenvalue weighted by Crippen LogP contribution is -2.48. The first-order valence-electron chi connectivity index (χ1n) is 9.32. The number of hydrogen-bond donors (Lipinski definition) is 0. The van der Waals surface area contributed by atoms with Gasteiger partial charge in [-0.25, -0.2) is 31.0 Å². The normalized spacial score (nSPS) is 15.4. The fourth-order valence-electron chi connectivity index (χ4n) is 3.32. The Bertz CT molecular complexity index is 1210. The maximum absolute atomic E-state index is 14.0. The van der Waals surface area contributed by atoms with Crippen molar-refractivity contribution < 1.29 is 26.0 Å². The summed E-state index contributed by atoms with van der Waals surface area (Å²) in [6.07, 6.45) is 0.339. The quantitative estimate of drug-likeness (QED) is 0.532. The van der Waals surface area contributed by atoms with Gasteiger partial charge >= 0.3 is 0 Å². The third kappa shape index (κ3) is 4.58. The third-order valence-corrected chi connectivity index (χ3v) is 7.81. The number of anilines is 1. The maximum Gasteiger partial charge on any atom is 0.246 e. The van der Waals surface area contributed by atoms with E-state index in [1.165, 1.54) is 17.4 Å². The summed E-state index contributed by atoms with van der Waals surface area (Å²) in [5.41, 5.74) is 1.28. The first-order chi connectivity index (χ1) is 14.7. The summed E-state index contributed by atoms with van der Waals surface area (Å²) in [4.78, 5) is 5.87. The Morgan fingerprint density at radius 3 is 2.32 bits per heavy atom. The SMILES string of the molecule is O=S(=O)(c1ccc(F)cc1F)N1CCN(c2nc(Cc3ccc(F)c(F)c3)cs2)CC1. The molecular formula is C20H17F4N3O2S2. The predicted octanol–water partition coefficient (Wildman–Crippen LogP) is 3.80. The molecule has 0 spiro atoms. The van der Waals surface area contributed by atoms with Crippen molar-refractivity contribution in [2.45, 2.75) is 11.3 Å². The second kappa shape index (κ2) is 8.56. The van der Waals surface area contributed by atoms with E-state index in [2.05, 4.69) is 4.98 Å². The molecule has 164 valence electrons. The van der Waals surface area contributed by atoms with E-state index in [1.54, 1.807) is 0 Å². The van der Waals surface area contributed by atoms with Gasteiger partial charge in [0.2, 0.25) is 10.0 Å². The Kier molecular flexibility index (Phi) is 6.00. The molecule has 0 N–H and O–H groups in total. The van der Waals surface area contributed by atoms with Crippen LogP contribution in [0.4, 0.5) is 22.7 Å². The van der Waals surface area contributed by atoms with Gasteiger partial charge in [0.25, 0.3) is 0 Å². The molecule has 1 saturated heterocycles. The van der Waals surface area contributed by atoms with Crippen molar-refractivity contribution in [3.05, 3.63) is 76.3 Å². The minimum Gasteiger partial charge on any atom is -0.345 e. The number of nitrogens with zero attached hydrogens (tertiary/aromatic N) is 3. The van der Waals surface area contributed by atoms with E-state index in [9.17, 15) is 26.0 Å². The van der Waals surface area contributed by atoms with Gasteiger partial charge in [0.15, 0.2) is 16.8 Å². The molecule has 0 bridgehead atoms. The zero-order valence-corrected chi connectivity index (χ0v) is 17.7. The number of piperazine rings is 1. The molecular weight excluding hydrogens is 454 g/mol. The minimum atomic E-state index is -4.08. The average molecular weight is 472 g/mol. The standard InChI is InChI=1S/C20H17F4N3O2S2/c21-14-2-4-19(18(24)11-14)31(28,29)27-7-5-26(6-8-27)20-25-15(12-30-20)9-13-1-3-16(22)17(23)10-13/h1-4,10-12H,5-9H2. The van der Waals surface area contributed by atoms with Crippen LogP contribution in [0.2, 0.25) is 0 Å². The molecule has 0 saturated carbocycles. The van der Waals surface area contributed by atoms with Gasteiger partial charge in [-0.3, -0.25) is 0 Å². The van der Waals surface area contributed by atoms with Crippen molar-refractivity contribution in [2.24, 2.45) is 0 Å². The van der Waals surface area contributed by atoms with Gasteiger partial charge < -0.3 is 4.90 Å². The monoisotopic (exact) mass is 471 g/mol. The van der Waals surface area contributed by atoms with E-state index in [0.717, 1.165) is 28.6 Å². The molecule has 1 aromatic heterocycles. The van der Waals surface area contributed by atoms with E-state index in [4.69, 9.17) is 0 Å². The lowest BCUT2D eigenvalue weighted by atomic mass is 10.1. The van der Waals surface area contributed by atoms with Crippen LogP contribution in [0.15, 0.2) is 46.7 Å². The molecule has 11 heteroatoms. The Balaban J connectivity index is 1.41. The molecule has 2 heterocycles. The first kappa shape index (κ1) is 21.7. The van der Waals surface area contributed by atoms with Crippen LogP contribution in [-0.4, -0.2) is 43.9 Å². The van der Waals surface area contributed by atoms with Crippen molar-refractivity contribution in [2.75, 3.05) is 31.1 Å². The minimum absolute atomic E-state index is 0.122. The van der Waals surface area contributed by atoms with Gasteiger partial charge in [0.1, 0.15) is 16.5 Å². The zero-order chi connectivity index (χ0) is 22.2. The number of aromatic nitrogens is 1. The van der Waals surface area contributed by atoms with Crippen molar-refractivity contribution in [3.8, 4) is 0 Å². The van der Waals surface area contributed by atoms with Gasteiger partial charge in [0, 0.05) is 44.0 Å². The molecule has 1 fully saturated rings. The van der Waals surface area contributed by atoms with Crippen LogP contribution in [0.1, 0.15) is 11.3 Å². The van der Waals surface area contributed by atoms with Gasteiger partial charge in [0.05, 0.1) is 5.69 Å². The van der Waals surface area contributed by atoms with Crippen molar-refractivity contribution in [3.63, 3.8) is 0 Å². The van der Waals surface area contributed by atoms with Crippen LogP contribution < -0.4 is 4.90 Å². The van der Waals surface area contributed by atoms with Crippen molar-refractivity contribution in [1.82, 2.24) is 9.29 Å². The molecule has 3 aromatic rings. The van der Waals surface area contributed by atoms with Gasteiger partial charge in [-0.2, -0.15) is 4.31 Å². The zero-order valence-electron chi connectivity index (χ0n) is 16.1. The fraction of sp³-hybridized carbons (Fsp3) is 0.250. The van der Waals surface area contributed by atoms with E-state index >= 15 is 0 Å². The molecule has 0 amide bonds. The molecule has 2 aromatic carbocycles. The summed E-state index contributed by atoms with van der Waals surface area (Å²) in [5, 5.41) is 2.50. The highest BCUT2D eigenvalue weighted by Gasteiger charge is 2.31. The van der Waals surface area contributed by atoms with Gasteiger partial charge in [-0.15, -0.1) is 11.3 Å². The number of halogens is 4. The molecule has 1 aliphatic heterocycles. The molecule has 5 nitrogen and oxygen atoms in total. The first-order valence-corrected chi connectivity index (χ1v) is 11.6. The average Bonchev–Trinajstić information content (AvgIpc) is 3.19. The number of hydrogen-bond acceptors (Lipinski definition) is 5. The highest BCUT2D eigenvalue weighted by Crippen LogP contribution is 2.26. The van der Waals surface area contributed by atoms with Crippen LogP contribution in [-0.2, 0) is 16.4 Å². The molecule has 0 atom stereocenters. The van der Waals surface area contributed by atoms with E-state index in [-0.39, 0.29) is 13.1 Å².